The van der Waals surface area contributed by atoms with Crippen molar-refractivity contribution in [2.24, 2.45) is 0 Å². The zero-order valence-corrected chi connectivity index (χ0v) is 11.3. The molecule has 1 rings (SSSR count). The molecule has 1 aromatic rings. The lowest BCUT2D eigenvalue weighted by atomic mass is 10.1. The van der Waals surface area contributed by atoms with E-state index in [1.165, 1.54) is 0 Å². The molecule has 10 heteroatoms. The van der Waals surface area contributed by atoms with Gasteiger partial charge in [0.05, 0.1) is 19.4 Å². The molecule has 0 aromatic carbocycles. The van der Waals surface area contributed by atoms with Gasteiger partial charge in [0.1, 0.15) is 5.69 Å². The summed E-state index contributed by atoms with van der Waals surface area (Å²) in [6.45, 7) is 0. The molecule has 0 aliphatic heterocycles. The molecule has 0 radical (unpaired) electrons. The van der Waals surface area contributed by atoms with E-state index >= 15 is 0 Å². The molecule has 0 atom stereocenters. The van der Waals surface area contributed by atoms with Gasteiger partial charge in [0, 0.05) is 5.56 Å². The van der Waals surface area contributed by atoms with Crippen LogP contribution >= 0.6 is 11.6 Å². The summed E-state index contributed by atoms with van der Waals surface area (Å²) in [6.07, 6.45) is -8.80. The van der Waals surface area contributed by atoms with Crippen molar-refractivity contribution in [2.75, 3.05) is 7.11 Å². The number of aromatic nitrogens is 1. The molecule has 0 unspecified atom stereocenters. The Bertz CT molecular complexity index is 521. The number of nitrogens with zero attached hydrogens (tertiary/aromatic N) is 1. The molecule has 0 bridgehead atoms. The highest BCUT2D eigenvalue weighted by Gasteiger charge is 2.34. The van der Waals surface area contributed by atoms with Crippen molar-refractivity contribution in [1.82, 2.24) is 4.98 Å². The number of methoxy groups -OCH3 is 1. The molecule has 0 spiro atoms. The van der Waals surface area contributed by atoms with E-state index in [1.807, 2.05) is 0 Å². The van der Waals surface area contributed by atoms with Crippen LogP contribution in [-0.2, 0) is 21.8 Å². The van der Waals surface area contributed by atoms with Crippen LogP contribution in [0.15, 0.2) is 6.07 Å². The molecule has 0 saturated carbocycles. The predicted molar refractivity (Wildman–Crippen MR) is 61.2 cm³/mol. The van der Waals surface area contributed by atoms with Gasteiger partial charge in [-0.3, -0.25) is 4.79 Å². The van der Waals surface area contributed by atoms with E-state index in [4.69, 9.17) is 11.6 Å². The van der Waals surface area contributed by atoms with E-state index < -0.39 is 42.6 Å². The fraction of sp³-hybridized carbons (Fsp3) is 0.455. The van der Waals surface area contributed by atoms with Crippen molar-refractivity contribution >= 4 is 17.6 Å². The molecule has 0 aliphatic rings. The first kappa shape index (κ1) is 17.4. The number of carbonyl (C=O) groups excluding carboxylic acids is 1. The molecule has 0 N–H and O–H groups in total. The van der Waals surface area contributed by atoms with Crippen LogP contribution in [0.4, 0.5) is 22.0 Å². The maximum atomic E-state index is 12.7. The summed E-state index contributed by atoms with van der Waals surface area (Å²) in [7, 11) is 1.05. The SMILES string of the molecule is COC(=O)Cc1cc(C(F)F)nc(OC(F)(F)F)c1CCl. The Hall–Kier alpha value is -1.64. The highest BCUT2D eigenvalue weighted by molar-refractivity contribution is 6.17. The zero-order chi connectivity index (χ0) is 16.2. The predicted octanol–water partition coefficient (Wildman–Crippen LogP) is 3.37. The molecular weight excluding hydrogens is 325 g/mol. The smallest absolute Gasteiger partial charge is 0.469 e. The molecule has 1 heterocycles. The number of carbonyl (C=O) groups is 1. The first-order valence-electron chi connectivity index (χ1n) is 5.37. The molecule has 0 amide bonds. The van der Waals surface area contributed by atoms with Crippen LogP contribution in [0.25, 0.3) is 0 Å². The normalized spacial score (nSPS) is 11.6. The number of hydrogen-bond donors (Lipinski definition) is 0. The number of pyridine rings is 1. The van der Waals surface area contributed by atoms with Crippen LogP contribution in [0.2, 0.25) is 0 Å². The Morgan fingerprint density at radius 1 is 1.43 bits per heavy atom. The van der Waals surface area contributed by atoms with E-state index in [0.29, 0.717) is 0 Å². The average molecular weight is 334 g/mol. The van der Waals surface area contributed by atoms with Crippen molar-refractivity contribution in [3.8, 4) is 5.88 Å². The van der Waals surface area contributed by atoms with E-state index in [1.54, 1.807) is 0 Å². The second kappa shape index (κ2) is 6.88. The van der Waals surface area contributed by atoms with Gasteiger partial charge in [0.25, 0.3) is 6.43 Å². The van der Waals surface area contributed by atoms with Gasteiger partial charge in [-0.1, -0.05) is 0 Å². The highest BCUT2D eigenvalue weighted by Crippen LogP contribution is 2.31. The van der Waals surface area contributed by atoms with Crippen molar-refractivity contribution in [3.05, 3.63) is 22.9 Å². The van der Waals surface area contributed by atoms with Crippen LogP contribution in [0.1, 0.15) is 23.2 Å². The molecule has 0 aliphatic carbocycles. The minimum Gasteiger partial charge on any atom is -0.469 e. The molecule has 0 saturated heterocycles. The van der Waals surface area contributed by atoms with E-state index in [-0.39, 0.29) is 11.1 Å². The number of alkyl halides is 6. The summed E-state index contributed by atoms with van der Waals surface area (Å²) in [5.74, 6) is -2.44. The van der Waals surface area contributed by atoms with Crippen molar-refractivity contribution in [2.45, 2.75) is 25.1 Å². The van der Waals surface area contributed by atoms with Crippen LogP contribution in [-0.4, -0.2) is 24.4 Å². The van der Waals surface area contributed by atoms with Crippen molar-refractivity contribution in [1.29, 1.82) is 0 Å². The van der Waals surface area contributed by atoms with Crippen molar-refractivity contribution in [3.63, 3.8) is 0 Å². The fourth-order valence-corrected chi connectivity index (χ4v) is 1.74. The van der Waals surface area contributed by atoms with Gasteiger partial charge in [-0.15, -0.1) is 24.8 Å². The maximum absolute atomic E-state index is 12.7. The lowest BCUT2D eigenvalue weighted by Gasteiger charge is -2.15. The third kappa shape index (κ3) is 5.00. The summed E-state index contributed by atoms with van der Waals surface area (Å²) in [4.78, 5) is 14.3. The minimum atomic E-state index is -5.13. The van der Waals surface area contributed by atoms with Gasteiger partial charge in [-0.2, -0.15) is 0 Å². The lowest BCUT2D eigenvalue weighted by molar-refractivity contribution is -0.276. The zero-order valence-electron chi connectivity index (χ0n) is 10.5. The summed E-state index contributed by atoms with van der Waals surface area (Å²) >= 11 is 5.50. The molecule has 1 aromatic heterocycles. The second-order valence-electron chi connectivity index (χ2n) is 3.72. The quantitative estimate of drug-likeness (QED) is 0.471. The summed E-state index contributed by atoms with van der Waals surface area (Å²) in [5, 5.41) is 0. The topological polar surface area (TPSA) is 48.4 Å². The third-order valence-corrected chi connectivity index (χ3v) is 2.60. The Morgan fingerprint density at radius 3 is 2.48 bits per heavy atom. The summed E-state index contributed by atoms with van der Waals surface area (Å²) < 4.78 is 70.1. The Labute approximate surface area is 120 Å². The third-order valence-electron chi connectivity index (χ3n) is 2.33. The van der Waals surface area contributed by atoms with Crippen LogP contribution in [0.5, 0.6) is 5.88 Å². The van der Waals surface area contributed by atoms with Gasteiger partial charge in [0.2, 0.25) is 5.88 Å². The first-order valence-corrected chi connectivity index (χ1v) is 5.90. The largest absolute Gasteiger partial charge is 0.574 e. The molecule has 118 valence electrons. The van der Waals surface area contributed by atoms with E-state index in [0.717, 1.165) is 13.2 Å². The van der Waals surface area contributed by atoms with E-state index in [2.05, 4.69) is 14.5 Å². The van der Waals surface area contributed by atoms with Crippen LogP contribution < -0.4 is 4.74 Å². The van der Waals surface area contributed by atoms with Gasteiger partial charge in [0.15, 0.2) is 0 Å². The lowest BCUT2D eigenvalue weighted by Crippen LogP contribution is -2.20. The monoisotopic (exact) mass is 333 g/mol. The van der Waals surface area contributed by atoms with Crippen LogP contribution in [0, 0.1) is 0 Å². The van der Waals surface area contributed by atoms with Crippen molar-refractivity contribution < 1.29 is 36.2 Å². The summed E-state index contributed by atoms with van der Waals surface area (Å²) in [5.41, 5.74) is -1.42. The number of esters is 1. The standard InChI is InChI=1S/C11H9ClF5NO3/c1-20-8(19)3-5-2-7(9(13)14)18-10(6(5)4-12)21-11(15,16)17/h2,9H,3-4H2,1H3. The highest BCUT2D eigenvalue weighted by atomic mass is 35.5. The minimum absolute atomic E-state index is 0.165. The number of ether oxygens (including phenoxy) is 2. The molecule has 4 nitrogen and oxygen atoms in total. The maximum Gasteiger partial charge on any atom is 0.574 e. The van der Waals surface area contributed by atoms with Gasteiger partial charge in [-0.05, 0) is 11.6 Å². The molecule has 21 heavy (non-hydrogen) atoms. The van der Waals surface area contributed by atoms with Gasteiger partial charge >= 0.3 is 12.3 Å². The Balaban J connectivity index is 3.35. The first-order chi connectivity index (χ1) is 9.67. The molecular formula is C11H9ClF5NO3. The van der Waals surface area contributed by atoms with Gasteiger partial charge in [-0.25, -0.2) is 13.8 Å². The fourth-order valence-electron chi connectivity index (χ4n) is 1.45. The Morgan fingerprint density at radius 2 is 2.05 bits per heavy atom. The number of hydrogen-bond acceptors (Lipinski definition) is 4. The summed E-state index contributed by atoms with van der Waals surface area (Å²) in [6, 6.07) is 0.794. The second-order valence-corrected chi connectivity index (χ2v) is 3.99. The van der Waals surface area contributed by atoms with E-state index in [9.17, 15) is 26.7 Å². The number of halogens is 6. The Kier molecular flexibility index (Phi) is 5.70. The molecule has 0 fully saturated rings. The number of rotatable bonds is 5. The van der Waals surface area contributed by atoms with Crippen LogP contribution in [0.3, 0.4) is 0 Å². The average Bonchev–Trinajstić information content (AvgIpc) is 2.36. The van der Waals surface area contributed by atoms with Gasteiger partial charge < -0.3 is 9.47 Å².